The van der Waals surface area contributed by atoms with Crippen molar-refractivity contribution in [3.05, 3.63) is 22.3 Å². The number of oxime groups is 1. The lowest BCUT2D eigenvalue weighted by Gasteiger charge is -2.49. The predicted molar refractivity (Wildman–Crippen MR) is 126 cm³/mol. The summed E-state index contributed by atoms with van der Waals surface area (Å²) >= 11 is 3.54. The molecule has 2 aromatic rings. The average Bonchev–Trinajstić information content (AvgIpc) is 3.45. The maximum absolute atomic E-state index is 12.9. The van der Waals surface area contributed by atoms with Crippen LogP contribution >= 0.6 is 34.9 Å². The van der Waals surface area contributed by atoms with E-state index in [-0.39, 0.29) is 28.0 Å². The van der Waals surface area contributed by atoms with Gasteiger partial charge in [0.05, 0.1) is 0 Å². The second-order valence-electron chi connectivity index (χ2n) is 7.17. The first kappa shape index (κ1) is 25.4. The van der Waals surface area contributed by atoms with Crippen LogP contribution in [0.4, 0.5) is 5.13 Å². The number of thioether (sulfide) groups is 2. The van der Waals surface area contributed by atoms with E-state index in [1.54, 1.807) is 7.05 Å². The lowest BCUT2D eigenvalue weighted by Crippen LogP contribution is -2.71. The van der Waals surface area contributed by atoms with Crippen LogP contribution in [0.5, 0.6) is 0 Å². The number of hydrogen-bond donors (Lipinski definition) is 4. The van der Waals surface area contributed by atoms with Gasteiger partial charge in [0.1, 0.15) is 22.8 Å². The van der Waals surface area contributed by atoms with Crippen LogP contribution < -0.4 is 11.1 Å². The van der Waals surface area contributed by atoms with Gasteiger partial charge in [-0.3, -0.25) is 14.5 Å². The third-order valence-electron chi connectivity index (χ3n) is 4.82. The van der Waals surface area contributed by atoms with Gasteiger partial charge in [-0.25, -0.2) is 19.3 Å². The molecule has 1 unspecified atom stereocenters. The number of carbonyl (C=O) groups is 4. The van der Waals surface area contributed by atoms with Crippen LogP contribution in [0.2, 0.25) is 0 Å². The molecule has 16 nitrogen and oxygen atoms in total. The first-order valence-electron chi connectivity index (χ1n) is 9.86. The molecular weight excluding hydrogens is 538 g/mol. The molecule has 2 amide bonds. The van der Waals surface area contributed by atoms with Crippen molar-refractivity contribution in [2.24, 2.45) is 12.2 Å². The van der Waals surface area contributed by atoms with Crippen LogP contribution in [-0.4, -0.2) is 99.3 Å². The van der Waals surface area contributed by atoms with Crippen molar-refractivity contribution in [2.75, 3.05) is 23.8 Å². The minimum Gasteiger partial charge on any atom is -0.479 e. The number of nitrogens with two attached hydrogens (primary N) is 1. The number of anilines is 1. The van der Waals surface area contributed by atoms with E-state index in [0.717, 1.165) is 16.2 Å². The van der Waals surface area contributed by atoms with Gasteiger partial charge in [-0.1, -0.05) is 16.9 Å². The summed E-state index contributed by atoms with van der Waals surface area (Å²) in [6, 6.07) is -1.05. The summed E-state index contributed by atoms with van der Waals surface area (Å²) in [5, 5.41) is 37.1. The van der Waals surface area contributed by atoms with E-state index in [4.69, 9.17) is 10.8 Å². The highest BCUT2D eigenvalue weighted by atomic mass is 32.2. The van der Waals surface area contributed by atoms with E-state index in [9.17, 15) is 24.3 Å². The Morgan fingerprint density at radius 3 is 2.78 bits per heavy atom. The Morgan fingerprint density at radius 1 is 1.39 bits per heavy atom. The number of tetrazole rings is 1. The number of β-lactam (4-membered cyclic amide) rings is 1. The van der Waals surface area contributed by atoms with Gasteiger partial charge in [0, 0.05) is 23.9 Å². The number of amides is 2. The fraction of sp³-hybridized carbons (Fsp3) is 0.353. The SMILES string of the molecule is Cn1nnnc1SCC1=C(C(=O)O)N2C(=O)C(NC(=O)C(=NOCC(=O)O)c3csc(N)n3)[C@H]2SC1. The Kier molecular flexibility index (Phi) is 7.40. The van der Waals surface area contributed by atoms with Crippen molar-refractivity contribution in [1.82, 2.24) is 35.4 Å². The molecule has 4 rings (SSSR count). The summed E-state index contributed by atoms with van der Waals surface area (Å²) in [7, 11) is 1.65. The lowest BCUT2D eigenvalue weighted by atomic mass is 10.0. The molecule has 2 atom stereocenters. The van der Waals surface area contributed by atoms with E-state index >= 15 is 0 Å². The third-order valence-corrected chi connectivity index (χ3v) is 7.93. The highest BCUT2D eigenvalue weighted by Gasteiger charge is 2.54. The van der Waals surface area contributed by atoms with Gasteiger partial charge in [0.15, 0.2) is 10.8 Å². The predicted octanol–water partition coefficient (Wildman–Crippen LogP) is -1.41. The Hall–Kier alpha value is -3.71. The maximum atomic E-state index is 12.9. The summed E-state index contributed by atoms with van der Waals surface area (Å²) < 4.78 is 1.44. The number of aryl methyl sites for hydroxylation is 1. The fourth-order valence-electron chi connectivity index (χ4n) is 3.25. The van der Waals surface area contributed by atoms with Gasteiger partial charge in [-0.15, -0.1) is 28.2 Å². The molecule has 0 bridgehead atoms. The summed E-state index contributed by atoms with van der Waals surface area (Å²) in [4.78, 5) is 58.3. The topological polar surface area (TPSA) is 228 Å². The number of carboxylic acids is 2. The van der Waals surface area contributed by atoms with Crippen molar-refractivity contribution in [2.45, 2.75) is 16.6 Å². The number of carbonyl (C=O) groups excluding carboxylic acids is 2. The van der Waals surface area contributed by atoms with Gasteiger partial charge < -0.3 is 26.1 Å². The Morgan fingerprint density at radius 2 is 2.17 bits per heavy atom. The van der Waals surface area contributed by atoms with Gasteiger partial charge in [0.25, 0.3) is 11.8 Å². The molecule has 1 fully saturated rings. The Labute approximate surface area is 213 Å². The molecule has 36 heavy (non-hydrogen) atoms. The Balaban J connectivity index is 1.49. The van der Waals surface area contributed by atoms with Gasteiger partial charge in [0.2, 0.25) is 11.8 Å². The first-order chi connectivity index (χ1) is 17.2. The quantitative estimate of drug-likeness (QED) is 0.114. The zero-order valence-electron chi connectivity index (χ0n) is 18.2. The summed E-state index contributed by atoms with van der Waals surface area (Å²) in [5.74, 6) is -3.51. The monoisotopic (exact) mass is 555 g/mol. The van der Waals surface area contributed by atoms with Crippen molar-refractivity contribution in [3.63, 3.8) is 0 Å². The van der Waals surface area contributed by atoms with Crippen LogP contribution in [0.3, 0.4) is 0 Å². The van der Waals surface area contributed by atoms with E-state index in [0.29, 0.717) is 16.5 Å². The number of thiazole rings is 1. The van der Waals surface area contributed by atoms with Gasteiger partial charge in [-0.2, -0.15) is 0 Å². The Bertz CT molecular complexity index is 1290. The van der Waals surface area contributed by atoms with E-state index in [1.165, 1.54) is 33.6 Å². The number of aliphatic carboxylic acids is 2. The number of carboxylic acid groups (broad SMARTS) is 2. The summed E-state index contributed by atoms with van der Waals surface area (Å²) in [5.41, 5.74) is 5.63. The second-order valence-corrected chi connectivity index (χ2v) is 10.1. The molecule has 0 saturated carbocycles. The molecule has 1 saturated heterocycles. The number of hydrogen-bond acceptors (Lipinski definition) is 14. The molecule has 19 heteroatoms. The molecule has 0 aromatic carbocycles. The highest BCUT2D eigenvalue weighted by molar-refractivity contribution is 8.01. The third kappa shape index (κ3) is 5.11. The average molecular weight is 556 g/mol. The molecule has 4 heterocycles. The van der Waals surface area contributed by atoms with E-state index in [1.807, 2.05) is 0 Å². The van der Waals surface area contributed by atoms with Crippen molar-refractivity contribution >= 4 is 69.5 Å². The van der Waals surface area contributed by atoms with Crippen LogP contribution in [0.25, 0.3) is 0 Å². The van der Waals surface area contributed by atoms with Crippen LogP contribution in [0.1, 0.15) is 5.69 Å². The largest absolute Gasteiger partial charge is 0.479 e. The number of nitrogens with one attached hydrogen (secondary N) is 1. The minimum atomic E-state index is -1.31. The normalized spacial score (nSPS) is 19.5. The molecule has 2 aliphatic heterocycles. The lowest BCUT2D eigenvalue weighted by molar-refractivity contribution is -0.150. The van der Waals surface area contributed by atoms with E-state index in [2.05, 4.69) is 35.8 Å². The summed E-state index contributed by atoms with van der Waals surface area (Å²) in [6.07, 6.45) is 0. The molecule has 0 spiro atoms. The molecule has 5 N–H and O–H groups in total. The highest BCUT2D eigenvalue weighted by Crippen LogP contribution is 2.41. The number of rotatable bonds is 10. The fourth-order valence-corrected chi connectivity index (χ4v) is 6.13. The molecule has 2 aliphatic rings. The van der Waals surface area contributed by atoms with Gasteiger partial charge in [-0.05, 0) is 16.0 Å². The van der Waals surface area contributed by atoms with Crippen molar-refractivity contribution in [3.8, 4) is 0 Å². The van der Waals surface area contributed by atoms with Crippen LogP contribution in [0.15, 0.2) is 27.0 Å². The molecule has 0 aliphatic carbocycles. The van der Waals surface area contributed by atoms with Crippen molar-refractivity contribution in [1.29, 1.82) is 0 Å². The zero-order valence-corrected chi connectivity index (χ0v) is 20.7. The second kappa shape index (κ2) is 10.5. The molecule has 190 valence electrons. The van der Waals surface area contributed by atoms with Crippen LogP contribution in [-0.2, 0) is 31.1 Å². The van der Waals surface area contributed by atoms with Crippen LogP contribution in [0, 0.1) is 0 Å². The minimum absolute atomic E-state index is 0.0315. The first-order valence-corrected chi connectivity index (χ1v) is 12.8. The maximum Gasteiger partial charge on any atom is 0.352 e. The number of nitrogens with zero attached hydrogens (tertiary/aromatic N) is 7. The molecular formula is C17H17N9O7S3. The number of aromatic nitrogens is 5. The number of fused-ring (bicyclic) bond motifs is 1. The van der Waals surface area contributed by atoms with Crippen molar-refractivity contribution < 1.29 is 34.2 Å². The number of nitrogen functional groups attached to an aromatic ring is 1. The van der Waals surface area contributed by atoms with E-state index < -0.39 is 41.8 Å². The molecule has 2 aromatic heterocycles. The standard InChI is InChI=1S/C17H17N9O7S3/c1-25-17(21-23-24-25)36-4-6-3-34-14-10(13(30)26(14)11(6)15(31)32)20-12(29)9(22-33-2-8(27)28)7-5-35-16(18)19-7/h5,10,14H,2-4H2,1H3,(H2,18,19)(H,20,29)(H,27,28)(H,31,32)/t10?,14-/m1/s1. The van der Waals surface area contributed by atoms with Gasteiger partial charge >= 0.3 is 11.9 Å². The summed E-state index contributed by atoms with van der Waals surface area (Å²) in [6.45, 7) is -0.803. The zero-order chi connectivity index (χ0) is 26.0. The molecule has 0 radical (unpaired) electrons. The smallest absolute Gasteiger partial charge is 0.352 e.